The van der Waals surface area contributed by atoms with E-state index in [0.717, 1.165) is 5.56 Å². The average molecular weight is 331 g/mol. The summed E-state index contributed by atoms with van der Waals surface area (Å²) in [7, 11) is 0. The maximum Gasteiger partial charge on any atom is 0.261 e. The smallest absolute Gasteiger partial charge is 0.261 e. The molecule has 4 nitrogen and oxygen atoms in total. The summed E-state index contributed by atoms with van der Waals surface area (Å²) in [6.07, 6.45) is 1.31. The summed E-state index contributed by atoms with van der Waals surface area (Å²) in [6, 6.07) is 8.92. The van der Waals surface area contributed by atoms with Crippen LogP contribution in [0.3, 0.4) is 0 Å². The first-order valence-electron chi connectivity index (χ1n) is 6.85. The van der Waals surface area contributed by atoms with Gasteiger partial charge in [0.05, 0.1) is 11.2 Å². The van der Waals surface area contributed by atoms with E-state index in [1.807, 2.05) is 0 Å². The van der Waals surface area contributed by atoms with Crippen molar-refractivity contribution in [3.05, 3.63) is 74.8 Å². The molecular formula is C17H12ClFN2O2. The van der Waals surface area contributed by atoms with Gasteiger partial charge in [0.15, 0.2) is 0 Å². The van der Waals surface area contributed by atoms with Gasteiger partial charge < -0.3 is 10.3 Å². The third kappa shape index (κ3) is 2.71. The van der Waals surface area contributed by atoms with E-state index in [1.165, 1.54) is 24.4 Å². The van der Waals surface area contributed by atoms with Crippen LogP contribution >= 0.6 is 11.6 Å². The molecule has 0 saturated heterocycles. The molecule has 0 unspecified atom stereocenters. The van der Waals surface area contributed by atoms with Crippen LogP contribution in [0.2, 0.25) is 5.02 Å². The predicted octanol–water partition coefficient (Wildman–Crippen LogP) is 3.88. The lowest BCUT2D eigenvalue weighted by Crippen LogP contribution is -2.22. The summed E-state index contributed by atoms with van der Waals surface area (Å²) < 4.78 is 13.6. The Morgan fingerprint density at radius 1 is 1.22 bits per heavy atom. The molecule has 3 rings (SSSR count). The largest absolute Gasteiger partial charge is 0.360 e. The number of carbonyl (C=O) groups is 1. The molecule has 0 aliphatic heterocycles. The quantitative estimate of drug-likeness (QED) is 0.749. The van der Waals surface area contributed by atoms with Gasteiger partial charge in [0.25, 0.3) is 5.91 Å². The van der Waals surface area contributed by atoms with Crippen LogP contribution in [0.5, 0.6) is 0 Å². The lowest BCUT2D eigenvalue weighted by Gasteiger charge is -2.08. The first-order valence-corrected chi connectivity index (χ1v) is 7.23. The molecule has 0 fully saturated rings. The van der Waals surface area contributed by atoms with E-state index in [4.69, 9.17) is 11.6 Å². The number of carbonyl (C=O) groups excluding carboxylic acids is 1. The minimum atomic E-state index is -0.675. The fourth-order valence-corrected chi connectivity index (χ4v) is 2.49. The lowest BCUT2D eigenvalue weighted by atomic mass is 10.1. The molecule has 2 N–H and O–H groups in total. The molecule has 0 aliphatic rings. The van der Waals surface area contributed by atoms with Crippen LogP contribution in [0.4, 0.5) is 10.1 Å². The average Bonchev–Trinajstić information content (AvgIpc) is 2.53. The molecule has 3 aromatic rings. The van der Waals surface area contributed by atoms with Gasteiger partial charge in [0.2, 0.25) is 5.43 Å². The van der Waals surface area contributed by atoms with Crippen molar-refractivity contribution < 1.29 is 9.18 Å². The lowest BCUT2D eigenvalue weighted by molar-refractivity contribution is 0.102. The summed E-state index contributed by atoms with van der Waals surface area (Å²) in [5.41, 5.74) is 0.784. The van der Waals surface area contributed by atoms with Gasteiger partial charge in [0, 0.05) is 16.6 Å². The topological polar surface area (TPSA) is 62.0 Å². The highest BCUT2D eigenvalue weighted by Crippen LogP contribution is 2.22. The van der Waals surface area contributed by atoms with E-state index >= 15 is 0 Å². The van der Waals surface area contributed by atoms with Crippen molar-refractivity contribution in [3.63, 3.8) is 0 Å². The van der Waals surface area contributed by atoms with E-state index < -0.39 is 17.2 Å². The number of rotatable bonds is 2. The van der Waals surface area contributed by atoms with Crippen molar-refractivity contribution in [2.24, 2.45) is 0 Å². The number of nitrogens with one attached hydrogen (secondary N) is 2. The van der Waals surface area contributed by atoms with Crippen molar-refractivity contribution in [3.8, 4) is 0 Å². The van der Waals surface area contributed by atoms with Crippen LogP contribution in [-0.2, 0) is 0 Å². The van der Waals surface area contributed by atoms with Crippen LogP contribution in [-0.4, -0.2) is 10.9 Å². The Labute approximate surface area is 135 Å². The van der Waals surface area contributed by atoms with Crippen LogP contribution < -0.4 is 10.7 Å². The Hall–Kier alpha value is -2.66. The van der Waals surface area contributed by atoms with Gasteiger partial charge in [0.1, 0.15) is 11.4 Å². The molecular weight excluding hydrogens is 319 g/mol. The van der Waals surface area contributed by atoms with Gasteiger partial charge in [-0.2, -0.15) is 0 Å². The first-order chi connectivity index (χ1) is 11.0. The van der Waals surface area contributed by atoms with Gasteiger partial charge in [-0.15, -0.1) is 0 Å². The van der Waals surface area contributed by atoms with Gasteiger partial charge in [-0.1, -0.05) is 23.7 Å². The minimum absolute atomic E-state index is 0.0179. The molecule has 6 heteroatoms. The maximum atomic E-state index is 13.6. The number of para-hydroxylation sites is 1. The third-order valence-electron chi connectivity index (χ3n) is 3.62. The number of amides is 1. The molecule has 1 heterocycles. The molecule has 0 bridgehead atoms. The molecule has 23 heavy (non-hydrogen) atoms. The fraction of sp³-hybridized carbons (Fsp3) is 0.0588. The Morgan fingerprint density at radius 3 is 2.70 bits per heavy atom. The second kappa shape index (κ2) is 5.85. The maximum absolute atomic E-state index is 13.6. The number of aryl methyl sites for hydroxylation is 1. The van der Waals surface area contributed by atoms with Crippen molar-refractivity contribution in [1.82, 2.24) is 4.98 Å². The van der Waals surface area contributed by atoms with Crippen molar-refractivity contribution in [2.45, 2.75) is 6.92 Å². The highest BCUT2D eigenvalue weighted by atomic mass is 35.5. The molecule has 0 aliphatic carbocycles. The molecule has 2 aromatic carbocycles. The number of fused-ring (bicyclic) bond motifs is 1. The monoisotopic (exact) mass is 330 g/mol. The second-order valence-corrected chi connectivity index (χ2v) is 5.47. The number of anilines is 1. The van der Waals surface area contributed by atoms with Crippen LogP contribution in [0, 0.1) is 12.7 Å². The number of pyridine rings is 1. The van der Waals surface area contributed by atoms with E-state index in [1.54, 1.807) is 25.1 Å². The summed E-state index contributed by atoms with van der Waals surface area (Å²) in [5, 5.41) is 3.28. The zero-order chi connectivity index (χ0) is 16.6. The highest BCUT2D eigenvalue weighted by molar-refractivity contribution is 6.32. The Balaban J connectivity index is 2.05. The van der Waals surface area contributed by atoms with E-state index in [9.17, 15) is 14.0 Å². The third-order valence-corrected chi connectivity index (χ3v) is 4.03. The molecule has 1 amide bonds. The van der Waals surface area contributed by atoms with Gasteiger partial charge >= 0.3 is 0 Å². The molecule has 0 radical (unpaired) electrons. The van der Waals surface area contributed by atoms with Crippen molar-refractivity contribution in [2.75, 3.05) is 5.32 Å². The summed E-state index contributed by atoms with van der Waals surface area (Å²) in [5.74, 6) is -1.24. The van der Waals surface area contributed by atoms with Gasteiger partial charge in [-0.25, -0.2) is 4.39 Å². The van der Waals surface area contributed by atoms with E-state index in [0.29, 0.717) is 15.9 Å². The number of benzene rings is 2. The summed E-state index contributed by atoms with van der Waals surface area (Å²) >= 11 is 6.02. The zero-order valence-electron chi connectivity index (χ0n) is 12.1. The predicted molar refractivity (Wildman–Crippen MR) is 88.7 cm³/mol. The van der Waals surface area contributed by atoms with Gasteiger partial charge in [-0.05, 0) is 36.8 Å². The molecule has 0 saturated carbocycles. The second-order valence-electron chi connectivity index (χ2n) is 5.06. The summed E-state index contributed by atoms with van der Waals surface area (Å²) in [4.78, 5) is 27.7. The van der Waals surface area contributed by atoms with Gasteiger partial charge in [-0.3, -0.25) is 9.59 Å². The normalized spacial score (nSPS) is 10.7. The molecule has 116 valence electrons. The number of aromatic nitrogens is 1. The fourth-order valence-electron chi connectivity index (χ4n) is 2.34. The van der Waals surface area contributed by atoms with Crippen LogP contribution in [0.15, 0.2) is 47.4 Å². The molecule has 0 spiro atoms. The first kappa shape index (κ1) is 15.2. The number of hydrogen-bond acceptors (Lipinski definition) is 2. The molecule has 0 atom stereocenters. The summed E-state index contributed by atoms with van der Waals surface area (Å²) in [6.45, 7) is 1.78. The Bertz CT molecular complexity index is 982. The Kier molecular flexibility index (Phi) is 3.88. The minimum Gasteiger partial charge on any atom is -0.360 e. The van der Waals surface area contributed by atoms with Crippen molar-refractivity contribution >= 4 is 34.1 Å². The number of aromatic amines is 1. The van der Waals surface area contributed by atoms with Crippen molar-refractivity contribution in [1.29, 1.82) is 0 Å². The number of halogens is 2. The van der Waals surface area contributed by atoms with E-state index in [2.05, 4.69) is 10.3 Å². The number of hydrogen-bond donors (Lipinski definition) is 2. The Morgan fingerprint density at radius 2 is 1.96 bits per heavy atom. The van der Waals surface area contributed by atoms with Crippen LogP contribution in [0.25, 0.3) is 10.9 Å². The van der Waals surface area contributed by atoms with E-state index in [-0.39, 0.29) is 11.3 Å². The van der Waals surface area contributed by atoms with Crippen LogP contribution in [0.1, 0.15) is 15.9 Å². The SMILES string of the molecule is Cc1c(Cl)ccc2c(=O)c(C(=O)Nc3ccccc3F)c[nH]c12. The highest BCUT2D eigenvalue weighted by Gasteiger charge is 2.15. The standard InChI is InChI=1S/C17H12ClFN2O2/c1-9-12(18)7-6-10-15(9)20-8-11(16(10)22)17(23)21-14-5-3-2-4-13(14)19/h2-8H,1H3,(H,20,22)(H,21,23). The zero-order valence-corrected chi connectivity index (χ0v) is 12.9. The number of H-pyrrole nitrogens is 1. The molecule has 1 aromatic heterocycles.